The number of fused-ring (bicyclic) bond motifs is 2. The van der Waals surface area contributed by atoms with Gasteiger partial charge in [0, 0.05) is 33.0 Å². The zero-order valence-electron chi connectivity index (χ0n) is 16.5. The Labute approximate surface area is 192 Å². The standard InChI is InChI=1S/C24H19BrN2O3S/c25-15-11-21-20(29-12-30-21)10-14(15)24-23-18(26-16-4-1-2-5-17(16)27-24)8-13(9-19(23)28)22-6-3-7-31-22/h1-7,10-11,13,24,26-27H,8-9,12H2/t13-,24-/m0/s1. The summed E-state index contributed by atoms with van der Waals surface area (Å²) in [5, 5.41) is 9.28. The zero-order chi connectivity index (χ0) is 20.9. The van der Waals surface area contributed by atoms with E-state index >= 15 is 0 Å². The molecule has 3 aromatic rings. The van der Waals surface area contributed by atoms with E-state index in [0.717, 1.165) is 39.1 Å². The van der Waals surface area contributed by atoms with E-state index in [1.165, 1.54) is 4.88 Å². The van der Waals surface area contributed by atoms with Crippen LogP contribution in [0.25, 0.3) is 0 Å². The summed E-state index contributed by atoms with van der Waals surface area (Å²) in [7, 11) is 0. The summed E-state index contributed by atoms with van der Waals surface area (Å²) in [4.78, 5) is 14.8. The van der Waals surface area contributed by atoms with E-state index in [9.17, 15) is 4.79 Å². The van der Waals surface area contributed by atoms with Crippen LogP contribution in [-0.2, 0) is 4.79 Å². The molecule has 156 valence electrons. The van der Waals surface area contributed by atoms with Gasteiger partial charge in [0.05, 0.1) is 17.4 Å². The summed E-state index contributed by atoms with van der Waals surface area (Å²) >= 11 is 5.42. The maximum Gasteiger partial charge on any atom is 0.231 e. The Morgan fingerprint density at radius 3 is 2.61 bits per heavy atom. The van der Waals surface area contributed by atoms with Crippen molar-refractivity contribution in [2.75, 3.05) is 17.4 Å². The molecule has 3 aliphatic rings. The molecule has 31 heavy (non-hydrogen) atoms. The number of carbonyl (C=O) groups is 1. The second-order valence-electron chi connectivity index (χ2n) is 7.91. The van der Waals surface area contributed by atoms with Gasteiger partial charge in [-0.3, -0.25) is 4.79 Å². The van der Waals surface area contributed by atoms with Gasteiger partial charge in [0.15, 0.2) is 17.3 Å². The molecular weight excluding hydrogens is 476 g/mol. The third kappa shape index (κ3) is 3.23. The molecule has 6 rings (SSSR count). The van der Waals surface area contributed by atoms with Crippen molar-refractivity contribution in [1.82, 2.24) is 0 Å². The van der Waals surface area contributed by atoms with Crippen LogP contribution < -0.4 is 20.1 Å². The Morgan fingerprint density at radius 2 is 1.81 bits per heavy atom. The van der Waals surface area contributed by atoms with Crippen LogP contribution in [-0.4, -0.2) is 12.6 Å². The van der Waals surface area contributed by atoms with Crippen molar-refractivity contribution in [3.05, 3.63) is 80.1 Å². The molecule has 3 heterocycles. The van der Waals surface area contributed by atoms with Crippen molar-refractivity contribution in [3.8, 4) is 11.5 Å². The van der Waals surface area contributed by atoms with E-state index in [1.807, 2.05) is 36.4 Å². The molecule has 0 fully saturated rings. The second kappa shape index (κ2) is 7.43. The fourth-order valence-electron chi connectivity index (χ4n) is 4.60. The molecule has 0 saturated carbocycles. The molecule has 2 atom stereocenters. The van der Waals surface area contributed by atoms with Gasteiger partial charge in [-0.05, 0) is 47.7 Å². The number of hydrogen-bond donors (Lipinski definition) is 2. The first-order valence-electron chi connectivity index (χ1n) is 10.2. The summed E-state index contributed by atoms with van der Waals surface area (Å²) in [6.45, 7) is 0.211. The van der Waals surface area contributed by atoms with Crippen molar-refractivity contribution in [2.24, 2.45) is 0 Å². The molecule has 0 radical (unpaired) electrons. The number of benzene rings is 2. The van der Waals surface area contributed by atoms with Crippen LogP contribution >= 0.6 is 27.3 Å². The number of para-hydroxylation sites is 2. The maximum absolute atomic E-state index is 13.6. The number of ketones is 1. The van der Waals surface area contributed by atoms with E-state index < -0.39 is 0 Å². The van der Waals surface area contributed by atoms with Crippen LogP contribution in [0.4, 0.5) is 11.4 Å². The van der Waals surface area contributed by atoms with Crippen LogP contribution in [0, 0.1) is 0 Å². The number of rotatable bonds is 2. The number of carbonyl (C=O) groups excluding carboxylic acids is 1. The van der Waals surface area contributed by atoms with Gasteiger partial charge < -0.3 is 20.1 Å². The number of nitrogens with one attached hydrogen (secondary N) is 2. The van der Waals surface area contributed by atoms with Crippen molar-refractivity contribution < 1.29 is 14.3 Å². The van der Waals surface area contributed by atoms with Crippen molar-refractivity contribution in [2.45, 2.75) is 24.8 Å². The molecule has 0 spiro atoms. The molecule has 0 unspecified atom stereocenters. The topological polar surface area (TPSA) is 59.6 Å². The van der Waals surface area contributed by atoms with Gasteiger partial charge >= 0.3 is 0 Å². The lowest BCUT2D eigenvalue weighted by Gasteiger charge is -2.29. The van der Waals surface area contributed by atoms with E-state index in [2.05, 4.69) is 44.1 Å². The lowest BCUT2D eigenvalue weighted by Crippen LogP contribution is -2.26. The number of thiophene rings is 1. The highest BCUT2D eigenvalue weighted by Gasteiger charge is 2.37. The summed E-state index contributed by atoms with van der Waals surface area (Å²) in [6.07, 6.45) is 1.31. The average Bonchev–Trinajstić information content (AvgIpc) is 3.42. The Kier molecular flexibility index (Phi) is 4.54. The summed E-state index contributed by atoms with van der Waals surface area (Å²) < 4.78 is 12.0. The number of anilines is 2. The van der Waals surface area contributed by atoms with Crippen molar-refractivity contribution in [1.29, 1.82) is 0 Å². The molecule has 0 bridgehead atoms. The second-order valence-corrected chi connectivity index (χ2v) is 9.74. The first kappa shape index (κ1) is 19.0. The number of allylic oxidation sites excluding steroid dienone is 1. The van der Waals surface area contributed by atoms with E-state index in [0.29, 0.717) is 17.9 Å². The Morgan fingerprint density at radius 1 is 1.00 bits per heavy atom. The molecule has 1 aromatic heterocycles. The van der Waals surface area contributed by atoms with Gasteiger partial charge in [-0.1, -0.05) is 34.1 Å². The number of ether oxygens (including phenoxy) is 2. The Bertz CT molecular complexity index is 1220. The minimum atomic E-state index is -0.299. The third-order valence-corrected chi connectivity index (χ3v) is 7.78. The van der Waals surface area contributed by atoms with Gasteiger partial charge in [0.2, 0.25) is 6.79 Å². The minimum Gasteiger partial charge on any atom is -0.454 e. The zero-order valence-corrected chi connectivity index (χ0v) is 18.9. The predicted molar refractivity (Wildman–Crippen MR) is 125 cm³/mol. The van der Waals surface area contributed by atoms with Crippen LogP contribution in [0.2, 0.25) is 0 Å². The maximum atomic E-state index is 13.6. The smallest absolute Gasteiger partial charge is 0.231 e. The molecular formula is C24H19BrN2O3S. The highest BCUT2D eigenvalue weighted by atomic mass is 79.9. The monoisotopic (exact) mass is 494 g/mol. The lowest BCUT2D eigenvalue weighted by atomic mass is 9.80. The van der Waals surface area contributed by atoms with Crippen LogP contribution in [0.15, 0.2) is 69.7 Å². The van der Waals surface area contributed by atoms with E-state index in [1.54, 1.807) is 11.3 Å². The average molecular weight is 495 g/mol. The lowest BCUT2D eigenvalue weighted by molar-refractivity contribution is -0.116. The largest absolute Gasteiger partial charge is 0.454 e. The fraction of sp³-hybridized carbons (Fsp3) is 0.208. The molecule has 5 nitrogen and oxygen atoms in total. The highest BCUT2D eigenvalue weighted by molar-refractivity contribution is 9.10. The van der Waals surface area contributed by atoms with Crippen LogP contribution in [0.5, 0.6) is 11.5 Å². The quantitative estimate of drug-likeness (QED) is 0.442. The molecule has 2 aromatic carbocycles. The Hall–Kier alpha value is -2.77. The van der Waals surface area contributed by atoms with Crippen molar-refractivity contribution >= 4 is 44.4 Å². The summed E-state index contributed by atoms with van der Waals surface area (Å²) in [5.41, 5.74) is 4.68. The molecule has 0 saturated heterocycles. The predicted octanol–water partition coefficient (Wildman–Crippen LogP) is 6.22. The van der Waals surface area contributed by atoms with Crippen LogP contribution in [0.1, 0.15) is 35.2 Å². The van der Waals surface area contributed by atoms with Crippen molar-refractivity contribution in [3.63, 3.8) is 0 Å². The number of Topliss-reactive ketones (excluding diaryl/α,β-unsaturated/α-hetero) is 1. The third-order valence-electron chi connectivity index (χ3n) is 6.06. The van der Waals surface area contributed by atoms with Gasteiger partial charge in [-0.25, -0.2) is 0 Å². The van der Waals surface area contributed by atoms with Gasteiger partial charge in [-0.15, -0.1) is 11.3 Å². The number of hydrogen-bond acceptors (Lipinski definition) is 6. The molecule has 2 N–H and O–H groups in total. The van der Waals surface area contributed by atoms with Gasteiger partial charge in [-0.2, -0.15) is 0 Å². The summed E-state index contributed by atoms with van der Waals surface area (Å²) in [6, 6.07) is 15.9. The molecule has 1 aliphatic carbocycles. The Balaban J connectivity index is 1.50. The van der Waals surface area contributed by atoms with Gasteiger partial charge in [0.1, 0.15) is 0 Å². The minimum absolute atomic E-state index is 0.169. The normalized spacial score (nSPS) is 21.6. The molecule has 0 amide bonds. The number of halogens is 1. The highest BCUT2D eigenvalue weighted by Crippen LogP contribution is 2.48. The van der Waals surface area contributed by atoms with E-state index in [-0.39, 0.29) is 24.5 Å². The fourth-order valence-corrected chi connectivity index (χ4v) is 5.99. The van der Waals surface area contributed by atoms with Gasteiger partial charge in [0.25, 0.3) is 0 Å². The molecule has 7 heteroatoms. The first-order valence-corrected chi connectivity index (χ1v) is 11.9. The molecule has 2 aliphatic heterocycles. The SMILES string of the molecule is O=C1C[C@@H](c2cccs2)CC2=C1[C@H](c1cc3c(cc1Br)OCO3)Nc1ccccc1N2. The summed E-state index contributed by atoms with van der Waals surface area (Å²) in [5.74, 6) is 1.78. The van der Waals surface area contributed by atoms with Crippen LogP contribution in [0.3, 0.4) is 0 Å². The van der Waals surface area contributed by atoms with E-state index in [4.69, 9.17) is 9.47 Å². The first-order chi connectivity index (χ1) is 15.2.